The fourth-order valence-corrected chi connectivity index (χ4v) is 4.04. The highest BCUT2D eigenvalue weighted by Gasteiger charge is 2.24. The number of ether oxygens (including phenoxy) is 1. The normalized spacial score (nSPS) is 11.9. The van der Waals surface area contributed by atoms with Crippen molar-refractivity contribution in [1.29, 1.82) is 0 Å². The molecule has 4 rings (SSSR count). The van der Waals surface area contributed by atoms with Gasteiger partial charge in [-0.25, -0.2) is 4.79 Å². The van der Waals surface area contributed by atoms with Crippen molar-refractivity contribution in [2.45, 2.75) is 41.2 Å². The molecule has 0 atom stereocenters. The third kappa shape index (κ3) is 2.70. The molecule has 0 aliphatic heterocycles. The molecule has 0 bridgehead atoms. The van der Waals surface area contributed by atoms with Gasteiger partial charge in [-0.3, -0.25) is 22.9 Å². The Bertz CT molecular complexity index is 1420. The van der Waals surface area contributed by atoms with E-state index in [1.54, 1.807) is 14.2 Å². The van der Waals surface area contributed by atoms with Crippen molar-refractivity contribution in [3.63, 3.8) is 0 Å². The summed E-state index contributed by atoms with van der Waals surface area (Å²) in [5.41, 5.74) is 3.90. The lowest BCUT2D eigenvalue weighted by Crippen LogP contribution is -2.40. The fraction of sp³-hybridized carbons (Fsp3) is 0.409. The van der Waals surface area contributed by atoms with Crippen molar-refractivity contribution in [3.05, 3.63) is 56.0 Å². The number of nitrogens with zero attached hydrogens (tertiary/aromatic N) is 5. The molecule has 0 unspecified atom stereocenters. The molecule has 4 aromatic rings. The van der Waals surface area contributed by atoms with Gasteiger partial charge in [0.05, 0.1) is 12.8 Å². The summed E-state index contributed by atoms with van der Waals surface area (Å²) in [7, 11) is 3.29. The topological polar surface area (TPSA) is 75.5 Å². The van der Waals surface area contributed by atoms with Crippen molar-refractivity contribution in [2.24, 2.45) is 13.0 Å². The van der Waals surface area contributed by atoms with Gasteiger partial charge in [0.15, 0.2) is 11.2 Å². The highest BCUT2D eigenvalue weighted by Crippen LogP contribution is 2.30. The van der Waals surface area contributed by atoms with E-state index < -0.39 is 0 Å². The van der Waals surface area contributed by atoms with Crippen LogP contribution in [0.5, 0.6) is 5.75 Å². The minimum absolute atomic E-state index is 0.167. The molecule has 1 aromatic carbocycles. The molecule has 0 amide bonds. The Hall–Kier alpha value is -3.29. The zero-order valence-corrected chi connectivity index (χ0v) is 18.5. The van der Waals surface area contributed by atoms with E-state index in [-0.39, 0.29) is 17.2 Å². The fourth-order valence-electron chi connectivity index (χ4n) is 4.04. The predicted octanol–water partition coefficient (Wildman–Crippen LogP) is 2.73. The van der Waals surface area contributed by atoms with Gasteiger partial charge in [0.2, 0.25) is 5.78 Å². The van der Waals surface area contributed by atoms with E-state index in [0.717, 1.165) is 22.6 Å². The van der Waals surface area contributed by atoms with Gasteiger partial charge in [0, 0.05) is 25.0 Å². The lowest BCUT2D eigenvalue weighted by molar-refractivity contribution is 0.413. The number of fused-ring (bicyclic) bond motifs is 3. The van der Waals surface area contributed by atoms with Crippen molar-refractivity contribution in [2.75, 3.05) is 7.11 Å². The Kier molecular flexibility index (Phi) is 4.60. The largest absolute Gasteiger partial charge is 0.495 e. The first kappa shape index (κ1) is 20.0. The molecule has 3 heterocycles. The van der Waals surface area contributed by atoms with Crippen LogP contribution in [0.2, 0.25) is 0 Å². The molecular formula is C22H27N5O3. The van der Waals surface area contributed by atoms with Crippen LogP contribution >= 0.6 is 0 Å². The average molecular weight is 409 g/mol. The number of rotatable bonds is 4. The van der Waals surface area contributed by atoms with Crippen LogP contribution in [-0.4, -0.2) is 30.2 Å². The van der Waals surface area contributed by atoms with Crippen LogP contribution in [0.1, 0.15) is 30.8 Å². The average Bonchev–Trinajstić information content (AvgIpc) is 3.19. The van der Waals surface area contributed by atoms with E-state index in [0.29, 0.717) is 29.2 Å². The van der Waals surface area contributed by atoms with E-state index in [9.17, 15) is 9.59 Å². The summed E-state index contributed by atoms with van der Waals surface area (Å²) in [6.07, 6.45) is 0. The summed E-state index contributed by atoms with van der Waals surface area (Å²) in [6, 6.07) is 5.94. The maximum Gasteiger partial charge on any atom is 0.332 e. The number of benzene rings is 1. The molecule has 3 aromatic heterocycles. The molecule has 0 saturated heterocycles. The van der Waals surface area contributed by atoms with Gasteiger partial charge in [-0.05, 0) is 44.4 Å². The summed E-state index contributed by atoms with van der Waals surface area (Å²) in [5.74, 6) is 1.46. The maximum atomic E-state index is 13.4. The molecule has 8 heteroatoms. The first-order chi connectivity index (χ1) is 14.2. The maximum absolute atomic E-state index is 13.4. The molecular weight excluding hydrogens is 382 g/mol. The second-order valence-corrected chi connectivity index (χ2v) is 8.25. The summed E-state index contributed by atoms with van der Waals surface area (Å²) in [5, 5.41) is 0. The van der Waals surface area contributed by atoms with E-state index in [2.05, 4.69) is 0 Å². The van der Waals surface area contributed by atoms with E-state index >= 15 is 0 Å². The summed E-state index contributed by atoms with van der Waals surface area (Å²) >= 11 is 0. The quantitative estimate of drug-likeness (QED) is 0.519. The predicted molar refractivity (Wildman–Crippen MR) is 117 cm³/mol. The first-order valence-electron chi connectivity index (χ1n) is 10.0. The molecule has 0 spiro atoms. The first-order valence-corrected chi connectivity index (χ1v) is 10.0. The Morgan fingerprint density at radius 1 is 1.10 bits per heavy atom. The number of imidazole rings is 2. The standard InChI is InChI=1S/C22H27N5O3/c1-12(2)11-25-20(28)18-19(24(6)22(25)29)23-21-26(14(4)15(5)27(18)21)16-10-13(3)8-9-17(16)30-7/h8-10,12H,11H2,1-7H3. The summed E-state index contributed by atoms with van der Waals surface area (Å²) in [4.78, 5) is 30.9. The Balaban J connectivity index is 2.19. The van der Waals surface area contributed by atoms with Gasteiger partial charge in [-0.1, -0.05) is 19.9 Å². The molecule has 0 fully saturated rings. The lowest BCUT2D eigenvalue weighted by atomic mass is 10.2. The van der Waals surface area contributed by atoms with Crippen LogP contribution in [0.15, 0.2) is 27.8 Å². The Labute approximate surface area is 174 Å². The number of aryl methyl sites for hydroxylation is 3. The minimum Gasteiger partial charge on any atom is -0.495 e. The van der Waals surface area contributed by atoms with Crippen LogP contribution in [0.4, 0.5) is 0 Å². The van der Waals surface area contributed by atoms with E-state index in [1.807, 2.05) is 61.8 Å². The van der Waals surface area contributed by atoms with Crippen molar-refractivity contribution >= 4 is 16.9 Å². The van der Waals surface area contributed by atoms with Crippen molar-refractivity contribution in [3.8, 4) is 11.4 Å². The molecule has 0 saturated carbocycles. The lowest BCUT2D eigenvalue weighted by Gasteiger charge is -2.12. The van der Waals surface area contributed by atoms with Crippen molar-refractivity contribution < 1.29 is 4.74 Å². The van der Waals surface area contributed by atoms with Gasteiger partial charge in [-0.2, -0.15) is 4.98 Å². The zero-order chi connectivity index (χ0) is 21.9. The van der Waals surface area contributed by atoms with Gasteiger partial charge >= 0.3 is 5.69 Å². The molecule has 0 radical (unpaired) electrons. The van der Waals surface area contributed by atoms with Gasteiger partial charge in [0.1, 0.15) is 5.75 Å². The second kappa shape index (κ2) is 6.90. The number of hydrogen-bond donors (Lipinski definition) is 0. The second-order valence-electron chi connectivity index (χ2n) is 8.25. The number of methoxy groups -OCH3 is 1. The van der Waals surface area contributed by atoms with Crippen LogP contribution < -0.4 is 16.0 Å². The molecule has 30 heavy (non-hydrogen) atoms. The van der Waals surface area contributed by atoms with Crippen LogP contribution in [0, 0.1) is 26.7 Å². The summed E-state index contributed by atoms with van der Waals surface area (Å²) < 4.78 is 12.2. The Morgan fingerprint density at radius 2 is 1.80 bits per heavy atom. The van der Waals surface area contributed by atoms with Crippen LogP contribution in [0.25, 0.3) is 22.6 Å². The van der Waals surface area contributed by atoms with Crippen LogP contribution in [0.3, 0.4) is 0 Å². The molecule has 0 aliphatic rings. The Morgan fingerprint density at radius 3 is 2.43 bits per heavy atom. The van der Waals surface area contributed by atoms with E-state index in [1.165, 1.54) is 9.13 Å². The van der Waals surface area contributed by atoms with Gasteiger partial charge in [-0.15, -0.1) is 0 Å². The summed E-state index contributed by atoms with van der Waals surface area (Å²) in [6.45, 7) is 10.3. The minimum atomic E-state index is -0.351. The highest BCUT2D eigenvalue weighted by atomic mass is 16.5. The number of aromatic nitrogens is 5. The highest BCUT2D eigenvalue weighted by molar-refractivity contribution is 5.77. The third-order valence-corrected chi connectivity index (χ3v) is 5.64. The van der Waals surface area contributed by atoms with Crippen molar-refractivity contribution in [1.82, 2.24) is 23.1 Å². The van der Waals surface area contributed by atoms with Crippen LogP contribution in [-0.2, 0) is 13.6 Å². The molecule has 8 nitrogen and oxygen atoms in total. The SMILES string of the molecule is COc1ccc(C)cc1-n1c(C)c(C)n2c3c(=O)n(CC(C)C)c(=O)n(C)c3nc12. The monoisotopic (exact) mass is 409 g/mol. The number of hydrogen-bond acceptors (Lipinski definition) is 4. The molecule has 0 N–H and O–H groups in total. The van der Waals surface area contributed by atoms with Gasteiger partial charge < -0.3 is 4.74 Å². The van der Waals surface area contributed by atoms with Gasteiger partial charge in [0.25, 0.3) is 5.56 Å². The third-order valence-electron chi connectivity index (χ3n) is 5.64. The molecule has 158 valence electrons. The zero-order valence-electron chi connectivity index (χ0n) is 18.5. The van der Waals surface area contributed by atoms with E-state index in [4.69, 9.17) is 9.72 Å². The smallest absolute Gasteiger partial charge is 0.332 e. The molecule has 0 aliphatic carbocycles.